The monoisotopic (exact) mass is 398 g/mol. The first-order valence-corrected chi connectivity index (χ1v) is 11.2. The second kappa shape index (κ2) is 8.61. The summed E-state index contributed by atoms with van der Waals surface area (Å²) in [7, 11) is -10.5. The zero-order chi connectivity index (χ0) is 20.3. The summed E-state index contributed by atoms with van der Waals surface area (Å²) in [6.07, 6.45) is -2.24. The summed E-state index contributed by atoms with van der Waals surface area (Å²) in [4.78, 5) is 57.1. The largest absolute Gasteiger partial charge is 0.850 e. The molecule has 0 fully saturated rings. The van der Waals surface area contributed by atoms with Gasteiger partial charge >= 0.3 is 0 Å². The van der Waals surface area contributed by atoms with Gasteiger partial charge in [-0.2, -0.15) is 0 Å². The van der Waals surface area contributed by atoms with Crippen LogP contribution >= 0.6 is 15.2 Å². The first-order valence-electron chi connectivity index (χ1n) is 7.94. The van der Waals surface area contributed by atoms with Crippen molar-refractivity contribution < 1.29 is 43.7 Å². The molecule has 0 N–H and O–H groups in total. The molecule has 4 unspecified atom stereocenters. The fourth-order valence-electron chi connectivity index (χ4n) is 2.71. The lowest BCUT2D eigenvalue weighted by atomic mass is 9.78. The van der Waals surface area contributed by atoms with Crippen LogP contribution in [0, 0.1) is 5.41 Å². The Kier molecular flexibility index (Phi) is 8.52. The van der Waals surface area contributed by atoms with Crippen LogP contribution in [0.5, 0.6) is 0 Å². The maximum Gasteiger partial charge on any atom is 0.0473 e. The average Bonchev–Trinajstić information content (AvgIpc) is 2.41. The summed E-state index contributed by atoms with van der Waals surface area (Å²) in [5.41, 5.74) is -7.16. The van der Waals surface area contributed by atoms with Crippen molar-refractivity contribution in [2.45, 2.75) is 76.7 Å². The molecular weight excluding hydrogens is 374 g/mol. The van der Waals surface area contributed by atoms with Crippen LogP contribution in [0.15, 0.2) is 0 Å². The molecule has 0 bridgehead atoms. The summed E-state index contributed by atoms with van der Waals surface area (Å²) in [6.45, 7) is 5.10. The first-order chi connectivity index (χ1) is 11.0. The van der Waals surface area contributed by atoms with E-state index in [1.165, 1.54) is 20.8 Å². The molecule has 0 saturated carbocycles. The standard InChI is InChI=1S/C14H29O9P2/c1-5-10(24(18,19)20)7-13(3,12(15)16)8-11(25(21,22)23)9-14(4,17)6-2/h10-11H,5-9H2,1-4H3,(H,15,16)(H2,18,19,20)(H2,21,22,23)/q-1/p-5. The summed E-state index contributed by atoms with van der Waals surface area (Å²) in [5.74, 6) is -1.78. The average molecular weight is 398 g/mol. The minimum absolute atomic E-state index is 0.0133. The van der Waals surface area contributed by atoms with Crippen LogP contribution in [0.25, 0.3) is 0 Å². The topological polar surface area (TPSA) is 190 Å². The van der Waals surface area contributed by atoms with Crippen molar-refractivity contribution in [2.75, 3.05) is 0 Å². The molecule has 0 aromatic heterocycles. The molecule has 0 saturated heterocycles. The Labute approximate surface area is 147 Å². The predicted molar refractivity (Wildman–Crippen MR) is 78.7 cm³/mol. The van der Waals surface area contributed by atoms with Gasteiger partial charge in [-0.05, 0) is 30.6 Å². The predicted octanol–water partition coefficient (Wildman–Crippen LogP) is -2.58. The Bertz CT molecular complexity index is 551. The minimum Gasteiger partial charge on any atom is -0.850 e. The molecule has 0 amide bonds. The molecule has 0 aromatic rings. The quantitative estimate of drug-likeness (QED) is 0.336. The number of aliphatic carboxylic acids is 1. The van der Waals surface area contributed by atoms with Crippen molar-refractivity contribution in [3.63, 3.8) is 0 Å². The molecule has 0 aliphatic carbocycles. The Morgan fingerprint density at radius 3 is 1.60 bits per heavy atom. The fourth-order valence-corrected chi connectivity index (χ4v) is 5.02. The fraction of sp³-hybridized carbons (Fsp3) is 0.929. The van der Waals surface area contributed by atoms with E-state index in [1.54, 1.807) is 0 Å². The van der Waals surface area contributed by atoms with Gasteiger partial charge in [0.1, 0.15) is 0 Å². The van der Waals surface area contributed by atoms with Crippen molar-refractivity contribution in [1.82, 2.24) is 0 Å². The summed E-state index contributed by atoms with van der Waals surface area (Å²) in [6, 6.07) is 0. The highest BCUT2D eigenvalue weighted by atomic mass is 31.2. The lowest BCUT2D eigenvalue weighted by Gasteiger charge is -2.50. The van der Waals surface area contributed by atoms with Gasteiger partial charge in [-0.1, -0.05) is 55.7 Å². The van der Waals surface area contributed by atoms with E-state index < -0.39 is 62.8 Å². The summed E-state index contributed by atoms with van der Waals surface area (Å²) >= 11 is 0. The second-order valence-electron chi connectivity index (χ2n) is 7.06. The van der Waals surface area contributed by atoms with E-state index in [2.05, 4.69) is 0 Å². The third kappa shape index (κ3) is 7.87. The van der Waals surface area contributed by atoms with Gasteiger partial charge in [-0.25, -0.2) is 0 Å². The van der Waals surface area contributed by atoms with Crippen LogP contribution in [-0.4, -0.2) is 22.9 Å². The number of hydrogen-bond donors (Lipinski definition) is 0. The molecule has 0 radical (unpaired) electrons. The van der Waals surface area contributed by atoms with Gasteiger partial charge in [0.05, 0.1) is 0 Å². The normalized spacial score (nSPS) is 20.4. The van der Waals surface area contributed by atoms with E-state index in [1.807, 2.05) is 0 Å². The molecule has 4 atom stereocenters. The lowest BCUT2D eigenvalue weighted by molar-refractivity contribution is -0.475. The minimum atomic E-state index is -5.33. The second-order valence-corrected chi connectivity index (χ2v) is 10.7. The number of hydrogen-bond acceptors (Lipinski definition) is 9. The van der Waals surface area contributed by atoms with Crippen LogP contribution < -0.4 is 29.8 Å². The summed E-state index contributed by atoms with van der Waals surface area (Å²) in [5, 5.41) is 23.6. The number of carboxylic acid groups (broad SMARTS) is 1. The van der Waals surface area contributed by atoms with Gasteiger partial charge in [-0.15, -0.1) is 5.60 Å². The van der Waals surface area contributed by atoms with E-state index in [0.29, 0.717) is 0 Å². The Balaban J connectivity index is 5.72. The van der Waals surface area contributed by atoms with E-state index >= 15 is 0 Å². The number of carbonyl (C=O) groups excluding carboxylic acids is 1. The molecule has 0 spiro atoms. The third-order valence-corrected chi connectivity index (χ3v) is 7.35. The SMILES string of the molecule is CCC(CC(C)(CC(CC(C)([O-])CC)P(=O)([O-])[O-])C(=O)[O-])P(=O)([O-])[O-]. The van der Waals surface area contributed by atoms with Crippen LogP contribution in [0.1, 0.15) is 59.8 Å². The van der Waals surface area contributed by atoms with Gasteiger partial charge in [0.15, 0.2) is 0 Å². The summed E-state index contributed by atoms with van der Waals surface area (Å²) < 4.78 is 22.8. The van der Waals surface area contributed by atoms with Crippen molar-refractivity contribution in [1.29, 1.82) is 0 Å². The maximum absolute atomic E-state index is 12.1. The van der Waals surface area contributed by atoms with Gasteiger partial charge in [-0.3, -0.25) is 0 Å². The Hall–Kier alpha value is -0.270. The zero-order valence-corrected chi connectivity index (χ0v) is 16.5. The van der Waals surface area contributed by atoms with E-state index in [-0.39, 0.29) is 12.8 Å². The highest BCUT2D eigenvalue weighted by Gasteiger charge is 2.35. The highest BCUT2D eigenvalue weighted by molar-refractivity contribution is 7.49. The van der Waals surface area contributed by atoms with Gasteiger partial charge in [0, 0.05) is 11.4 Å². The van der Waals surface area contributed by atoms with Crippen LogP contribution in [0.2, 0.25) is 0 Å². The number of rotatable bonds is 11. The van der Waals surface area contributed by atoms with Crippen LogP contribution in [0.3, 0.4) is 0 Å². The van der Waals surface area contributed by atoms with Gasteiger partial charge in [0.2, 0.25) is 0 Å². The molecule has 0 aromatic carbocycles. The molecule has 0 rings (SSSR count). The van der Waals surface area contributed by atoms with Gasteiger partial charge < -0.3 is 43.7 Å². The molecule has 25 heavy (non-hydrogen) atoms. The smallest absolute Gasteiger partial charge is 0.0473 e. The highest BCUT2D eigenvalue weighted by Crippen LogP contribution is 2.48. The molecule has 9 nitrogen and oxygen atoms in total. The van der Waals surface area contributed by atoms with Crippen LogP contribution in [0.4, 0.5) is 0 Å². The van der Waals surface area contributed by atoms with Crippen LogP contribution in [-0.2, 0) is 13.9 Å². The lowest BCUT2D eigenvalue weighted by Crippen LogP contribution is -2.49. The zero-order valence-electron chi connectivity index (χ0n) is 14.8. The van der Waals surface area contributed by atoms with Crippen molar-refractivity contribution in [3.8, 4) is 0 Å². The van der Waals surface area contributed by atoms with E-state index in [9.17, 15) is 43.7 Å². The van der Waals surface area contributed by atoms with E-state index in [4.69, 9.17) is 0 Å². The third-order valence-electron chi connectivity index (χ3n) is 4.65. The van der Waals surface area contributed by atoms with Crippen molar-refractivity contribution in [3.05, 3.63) is 0 Å². The molecule has 0 heterocycles. The van der Waals surface area contributed by atoms with Crippen molar-refractivity contribution >= 4 is 21.2 Å². The molecular formula is C14H24O9P2-6. The molecule has 11 heteroatoms. The molecule has 150 valence electrons. The van der Waals surface area contributed by atoms with E-state index in [0.717, 1.165) is 6.92 Å². The maximum atomic E-state index is 12.1. The van der Waals surface area contributed by atoms with Gasteiger partial charge in [0.25, 0.3) is 0 Å². The Morgan fingerprint density at radius 1 is 0.920 bits per heavy atom. The Morgan fingerprint density at radius 2 is 1.32 bits per heavy atom. The van der Waals surface area contributed by atoms with Crippen molar-refractivity contribution in [2.24, 2.45) is 5.41 Å². The first kappa shape index (κ1) is 24.7. The molecule has 0 aliphatic rings. The number of carboxylic acids is 1. The number of carbonyl (C=O) groups is 1. The molecule has 0 aliphatic heterocycles.